The van der Waals surface area contributed by atoms with Gasteiger partial charge in [-0.2, -0.15) is 0 Å². The number of methoxy groups -OCH3 is 1. The summed E-state index contributed by atoms with van der Waals surface area (Å²) in [6.07, 6.45) is 5.24. The van der Waals surface area contributed by atoms with Crippen molar-refractivity contribution in [3.63, 3.8) is 0 Å². The Kier molecular flexibility index (Phi) is 3.38. The molecular weight excluding hydrogens is 322 g/mol. The van der Waals surface area contributed by atoms with Gasteiger partial charge in [0.05, 0.1) is 24.6 Å². The molecule has 0 spiro atoms. The average molecular weight is 336 g/mol. The molecule has 104 valence electrons. The zero-order chi connectivity index (χ0) is 14.3. The number of amides is 2. The Balaban J connectivity index is 2.05. The van der Waals surface area contributed by atoms with Crippen LogP contribution in [0.2, 0.25) is 0 Å². The van der Waals surface area contributed by atoms with E-state index >= 15 is 0 Å². The first-order valence-corrected chi connectivity index (χ1v) is 7.29. The first kappa shape index (κ1) is 13.4. The number of halogens is 1. The molecular formula is C15H14BrNO3. The molecule has 0 aromatic heterocycles. The van der Waals surface area contributed by atoms with Gasteiger partial charge in [-0.05, 0) is 31.0 Å². The summed E-state index contributed by atoms with van der Waals surface area (Å²) in [5.74, 6) is -0.171. The summed E-state index contributed by atoms with van der Waals surface area (Å²) in [7, 11) is 1.53. The first-order valence-electron chi connectivity index (χ1n) is 6.50. The molecule has 2 aliphatic rings. The van der Waals surface area contributed by atoms with Gasteiger partial charge in [-0.1, -0.05) is 28.1 Å². The molecule has 5 heteroatoms. The van der Waals surface area contributed by atoms with Gasteiger partial charge in [-0.25, -0.2) is 4.90 Å². The minimum Gasteiger partial charge on any atom is -0.495 e. The molecule has 1 heterocycles. The highest BCUT2D eigenvalue weighted by atomic mass is 79.9. The van der Waals surface area contributed by atoms with Crippen LogP contribution in [0.5, 0.6) is 5.75 Å². The van der Waals surface area contributed by atoms with E-state index in [9.17, 15) is 9.59 Å². The molecule has 1 aromatic carbocycles. The number of benzene rings is 1. The molecule has 4 nitrogen and oxygen atoms in total. The highest BCUT2D eigenvalue weighted by Crippen LogP contribution is 2.41. The molecule has 20 heavy (non-hydrogen) atoms. The molecule has 1 saturated heterocycles. The van der Waals surface area contributed by atoms with Crippen molar-refractivity contribution in [2.75, 3.05) is 12.0 Å². The summed E-state index contributed by atoms with van der Waals surface area (Å²) in [4.78, 5) is 26.3. The van der Waals surface area contributed by atoms with Crippen LogP contribution in [0.1, 0.15) is 12.8 Å². The third kappa shape index (κ3) is 1.97. The van der Waals surface area contributed by atoms with Crippen LogP contribution >= 0.6 is 15.9 Å². The molecule has 1 aromatic rings. The maximum atomic E-state index is 12.5. The Bertz CT molecular complexity index is 585. The second-order valence-electron chi connectivity index (χ2n) is 4.98. The monoisotopic (exact) mass is 335 g/mol. The van der Waals surface area contributed by atoms with Crippen molar-refractivity contribution < 1.29 is 14.3 Å². The molecule has 2 amide bonds. The number of carbonyl (C=O) groups excluding carboxylic acids is 2. The zero-order valence-electron chi connectivity index (χ0n) is 11.0. The molecule has 0 radical (unpaired) electrons. The van der Waals surface area contributed by atoms with Crippen molar-refractivity contribution >= 4 is 33.4 Å². The summed E-state index contributed by atoms with van der Waals surface area (Å²) in [5, 5.41) is 0. The average Bonchev–Trinajstić information content (AvgIpc) is 2.71. The predicted molar refractivity (Wildman–Crippen MR) is 78.5 cm³/mol. The standard InChI is InChI=1S/C15H14BrNO3/c1-20-13-7-6-9(16)8-12(13)17-14(18)10-4-2-3-5-11(10)15(17)19/h2-3,6-8,10-11H,4-5H2,1H3/t10-,11+. The van der Waals surface area contributed by atoms with Crippen LogP contribution in [0, 0.1) is 11.8 Å². The molecule has 1 fully saturated rings. The van der Waals surface area contributed by atoms with Crippen molar-refractivity contribution in [1.29, 1.82) is 0 Å². The van der Waals surface area contributed by atoms with Crippen LogP contribution in [0.3, 0.4) is 0 Å². The fourth-order valence-electron chi connectivity index (χ4n) is 2.88. The van der Waals surface area contributed by atoms with Gasteiger partial charge in [0.2, 0.25) is 11.8 Å². The number of ether oxygens (including phenoxy) is 1. The topological polar surface area (TPSA) is 46.6 Å². The number of hydrogen-bond acceptors (Lipinski definition) is 3. The fraction of sp³-hybridized carbons (Fsp3) is 0.333. The van der Waals surface area contributed by atoms with E-state index in [1.165, 1.54) is 12.0 Å². The lowest BCUT2D eigenvalue weighted by Crippen LogP contribution is -2.31. The molecule has 2 atom stereocenters. The molecule has 0 saturated carbocycles. The van der Waals surface area contributed by atoms with Crippen LogP contribution in [-0.2, 0) is 9.59 Å². The summed E-state index contributed by atoms with van der Waals surface area (Å²) in [6, 6.07) is 5.32. The largest absolute Gasteiger partial charge is 0.495 e. The van der Waals surface area contributed by atoms with Gasteiger partial charge in [0.1, 0.15) is 5.75 Å². The lowest BCUT2D eigenvalue weighted by Gasteiger charge is -2.18. The Hall–Kier alpha value is -1.62. The van der Waals surface area contributed by atoms with E-state index in [4.69, 9.17) is 4.74 Å². The van der Waals surface area contributed by atoms with Crippen LogP contribution in [0.25, 0.3) is 0 Å². The Morgan fingerprint density at radius 3 is 2.30 bits per heavy atom. The molecule has 1 aliphatic heterocycles. The van der Waals surface area contributed by atoms with Gasteiger partial charge in [-0.3, -0.25) is 9.59 Å². The number of fused-ring (bicyclic) bond motifs is 1. The summed E-state index contributed by atoms with van der Waals surface area (Å²) < 4.78 is 6.09. The lowest BCUT2D eigenvalue weighted by molar-refractivity contribution is -0.122. The lowest BCUT2D eigenvalue weighted by atomic mass is 9.85. The molecule has 1 aliphatic carbocycles. The molecule has 0 bridgehead atoms. The predicted octanol–water partition coefficient (Wildman–Crippen LogP) is 2.91. The van der Waals surface area contributed by atoms with E-state index in [0.717, 1.165) is 4.47 Å². The Morgan fingerprint density at radius 2 is 1.75 bits per heavy atom. The second kappa shape index (κ2) is 5.05. The van der Waals surface area contributed by atoms with Crippen molar-refractivity contribution in [2.45, 2.75) is 12.8 Å². The zero-order valence-corrected chi connectivity index (χ0v) is 12.6. The third-order valence-electron chi connectivity index (χ3n) is 3.89. The highest BCUT2D eigenvalue weighted by Gasteiger charge is 2.48. The van der Waals surface area contributed by atoms with Crippen LogP contribution in [0.4, 0.5) is 5.69 Å². The van der Waals surface area contributed by atoms with Gasteiger partial charge in [0.25, 0.3) is 0 Å². The summed E-state index contributed by atoms with van der Waals surface area (Å²) >= 11 is 3.37. The minimum absolute atomic E-state index is 0.124. The third-order valence-corrected chi connectivity index (χ3v) is 4.38. The van der Waals surface area contributed by atoms with Gasteiger partial charge in [-0.15, -0.1) is 0 Å². The van der Waals surface area contributed by atoms with Gasteiger partial charge >= 0.3 is 0 Å². The Labute approximate surface area is 125 Å². The quantitative estimate of drug-likeness (QED) is 0.616. The maximum absolute atomic E-state index is 12.5. The molecule has 0 N–H and O–H groups in total. The Morgan fingerprint density at radius 1 is 1.15 bits per heavy atom. The van der Waals surface area contributed by atoms with Crippen molar-refractivity contribution in [3.05, 3.63) is 34.8 Å². The minimum atomic E-state index is -0.226. The van der Waals surface area contributed by atoms with Gasteiger partial charge < -0.3 is 4.74 Å². The van der Waals surface area contributed by atoms with E-state index < -0.39 is 0 Å². The molecule has 0 unspecified atom stereocenters. The fourth-order valence-corrected chi connectivity index (χ4v) is 3.22. The van der Waals surface area contributed by atoms with Crippen molar-refractivity contribution in [1.82, 2.24) is 0 Å². The maximum Gasteiger partial charge on any atom is 0.238 e. The molecule has 3 rings (SSSR count). The van der Waals surface area contributed by atoms with Gasteiger partial charge in [0.15, 0.2) is 0 Å². The first-order chi connectivity index (χ1) is 9.63. The van der Waals surface area contributed by atoms with E-state index in [1.807, 2.05) is 18.2 Å². The number of allylic oxidation sites excluding steroid dienone is 2. The SMILES string of the molecule is COc1ccc(Br)cc1N1C(=O)[C@H]2CC=CC[C@H]2C1=O. The second-order valence-corrected chi connectivity index (χ2v) is 5.90. The number of anilines is 1. The number of carbonyl (C=O) groups is 2. The van der Waals surface area contributed by atoms with E-state index in [0.29, 0.717) is 24.3 Å². The summed E-state index contributed by atoms with van der Waals surface area (Å²) in [5.41, 5.74) is 0.520. The van der Waals surface area contributed by atoms with Crippen molar-refractivity contribution in [2.24, 2.45) is 11.8 Å². The van der Waals surface area contributed by atoms with Crippen LogP contribution < -0.4 is 9.64 Å². The van der Waals surface area contributed by atoms with E-state index in [2.05, 4.69) is 15.9 Å². The highest BCUT2D eigenvalue weighted by molar-refractivity contribution is 9.10. The van der Waals surface area contributed by atoms with E-state index in [-0.39, 0.29) is 23.7 Å². The number of nitrogens with zero attached hydrogens (tertiary/aromatic N) is 1. The van der Waals surface area contributed by atoms with Crippen LogP contribution in [-0.4, -0.2) is 18.9 Å². The normalized spacial score (nSPS) is 25.0. The van der Waals surface area contributed by atoms with Crippen molar-refractivity contribution in [3.8, 4) is 5.75 Å². The number of rotatable bonds is 2. The van der Waals surface area contributed by atoms with Gasteiger partial charge in [0, 0.05) is 4.47 Å². The van der Waals surface area contributed by atoms with Crippen LogP contribution in [0.15, 0.2) is 34.8 Å². The number of hydrogen-bond donors (Lipinski definition) is 0. The van der Waals surface area contributed by atoms with E-state index in [1.54, 1.807) is 12.1 Å². The smallest absolute Gasteiger partial charge is 0.238 e. The number of imide groups is 1. The summed E-state index contributed by atoms with van der Waals surface area (Å²) in [6.45, 7) is 0.